The first kappa shape index (κ1) is 16.8. The lowest BCUT2D eigenvalue weighted by Crippen LogP contribution is -2.31. The number of ether oxygens (including phenoxy) is 1. The lowest BCUT2D eigenvalue weighted by atomic mass is 9.95. The van der Waals surface area contributed by atoms with E-state index >= 15 is 0 Å². The van der Waals surface area contributed by atoms with E-state index in [-0.39, 0.29) is 5.91 Å². The van der Waals surface area contributed by atoms with Crippen molar-refractivity contribution in [1.82, 2.24) is 19.7 Å². The monoisotopic (exact) mass is 362 g/mol. The number of benzene rings is 1. The van der Waals surface area contributed by atoms with Crippen LogP contribution < -0.4 is 15.4 Å². The summed E-state index contributed by atoms with van der Waals surface area (Å²) in [5, 5.41) is 10.3. The van der Waals surface area contributed by atoms with Crippen LogP contribution in [-0.2, 0) is 4.79 Å². The summed E-state index contributed by atoms with van der Waals surface area (Å²) in [4.78, 5) is 21.5. The largest absolute Gasteiger partial charge is 0.497 e. The first-order chi connectivity index (χ1) is 13.2. The van der Waals surface area contributed by atoms with Gasteiger partial charge in [0.15, 0.2) is 0 Å². The summed E-state index contributed by atoms with van der Waals surface area (Å²) in [7, 11) is 1.61. The Kier molecular flexibility index (Phi) is 4.29. The van der Waals surface area contributed by atoms with Crippen LogP contribution in [0, 0.1) is 0 Å². The molecule has 1 atom stereocenters. The van der Waals surface area contributed by atoms with Gasteiger partial charge in [0.1, 0.15) is 23.9 Å². The highest BCUT2D eigenvalue weighted by atomic mass is 16.5. The molecule has 0 saturated carbocycles. The summed E-state index contributed by atoms with van der Waals surface area (Å²) in [5.74, 6) is 1.51. The van der Waals surface area contributed by atoms with Gasteiger partial charge in [-0.15, -0.1) is 0 Å². The van der Waals surface area contributed by atoms with Crippen LogP contribution in [0.2, 0.25) is 0 Å². The van der Waals surface area contributed by atoms with Crippen LogP contribution in [0.4, 0.5) is 11.8 Å². The third-order valence-corrected chi connectivity index (χ3v) is 4.36. The Morgan fingerprint density at radius 2 is 2.11 bits per heavy atom. The molecule has 1 unspecified atom stereocenters. The number of nitrogens with one attached hydrogen (secondary N) is 2. The summed E-state index contributed by atoms with van der Waals surface area (Å²) >= 11 is 0. The third-order valence-electron chi connectivity index (χ3n) is 4.36. The van der Waals surface area contributed by atoms with Crippen molar-refractivity contribution in [3.63, 3.8) is 0 Å². The van der Waals surface area contributed by atoms with Crippen molar-refractivity contribution < 1.29 is 9.53 Å². The molecular weight excluding hydrogens is 344 g/mol. The van der Waals surface area contributed by atoms with E-state index in [0.717, 1.165) is 5.56 Å². The van der Waals surface area contributed by atoms with E-state index in [0.29, 0.717) is 28.8 Å². The fourth-order valence-corrected chi connectivity index (χ4v) is 3.13. The van der Waals surface area contributed by atoms with Crippen LogP contribution >= 0.6 is 0 Å². The molecule has 8 heteroatoms. The van der Waals surface area contributed by atoms with Crippen molar-refractivity contribution in [2.45, 2.75) is 13.0 Å². The van der Waals surface area contributed by atoms with E-state index in [9.17, 15) is 4.79 Å². The van der Waals surface area contributed by atoms with Crippen molar-refractivity contribution >= 4 is 17.7 Å². The van der Waals surface area contributed by atoms with Gasteiger partial charge in [0.2, 0.25) is 5.95 Å². The van der Waals surface area contributed by atoms with Gasteiger partial charge in [-0.3, -0.25) is 4.79 Å². The molecule has 3 aromatic rings. The number of hydrogen-bond acceptors (Lipinski definition) is 6. The fourth-order valence-electron chi connectivity index (χ4n) is 3.13. The number of carbonyl (C=O) groups excluding carboxylic acids is 1. The molecule has 136 valence electrons. The van der Waals surface area contributed by atoms with Crippen LogP contribution in [0.3, 0.4) is 0 Å². The maximum atomic E-state index is 13.1. The molecule has 8 nitrogen and oxygen atoms in total. The summed E-state index contributed by atoms with van der Waals surface area (Å²) in [6.07, 6.45) is 3.09. The summed E-state index contributed by atoms with van der Waals surface area (Å²) in [5.41, 5.74) is 2.11. The minimum absolute atomic E-state index is 0.257. The first-order valence-corrected chi connectivity index (χ1v) is 8.41. The number of methoxy groups -OCH3 is 1. The normalized spacial score (nSPS) is 15.7. The number of rotatable bonds is 4. The molecule has 4 rings (SSSR count). The van der Waals surface area contributed by atoms with Crippen LogP contribution in [-0.4, -0.2) is 32.8 Å². The molecule has 0 aliphatic carbocycles. The predicted octanol–water partition coefficient (Wildman–Crippen LogP) is 2.61. The zero-order valence-electron chi connectivity index (χ0n) is 14.9. The van der Waals surface area contributed by atoms with Gasteiger partial charge in [-0.25, -0.2) is 9.67 Å². The fraction of sp³-hybridized carbons (Fsp3) is 0.158. The highest BCUT2D eigenvalue weighted by Gasteiger charge is 2.33. The van der Waals surface area contributed by atoms with Crippen molar-refractivity contribution in [2.75, 3.05) is 17.7 Å². The molecule has 2 aromatic heterocycles. The Morgan fingerprint density at radius 3 is 2.89 bits per heavy atom. The van der Waals surface area contributed by atoms with Gasteiger partial charge >= 0.3 is 0 Å². The van der Waals surface area contributed by atoms with E-state index in [2.05, 4.69) is 25.7 Å². The highest BCUT2D eigenvalue weighted by molar-refractivity contribution is 6.05. The van der Waals surface area contributed by atoms with Crippen LogP contribution in [0.15, 0.2) is 66.3 Å². The molecule has 1 amide bonds. The Labute approximate surface area is 155 Å². The van der Waals surface area contributed by atoms with Gasteiger partial charge in [0.25, 0.3) is 5.91 Å². The van der Waals surface area contributed by atoms with Crippen LogP contribution in [0.1, 0.15) is 18.5 Å². The minimum atomic E-state index is -0.442. The summed E-state index contributed by atoms with van der Waals surface area (Å²) in [6.45, 7) is 1.85. The lowest BCUT2D eigenvalue weighted by molar-refractivity contribution is -0.113. The summed E-state index contributed by atoms with van der Waals surface area (Å²) < 4.78 is 7.04. The van der Waals surface area contributed by atoms with E-state index in [1.807, 2.05) is 37.3 Å². The SMILES string of the molecule is COc1cccc(C2C(C(=O)Nc3ccccn3)=C(C)Nc3ncnn32)c1. The van der Waals surface area contributed by atoms with Crippen molar-refractivity contribution in [3.05, 3.63) is 71.8 Å². The third kappa shape index (κ3) is 3.12. The van der Waals surface area contributed by atoms with Crippen LogP contribution in [0.25, 0.3) is 0 Å². The number of allylic oxidation sites excluding steroid dienone is 1. The quantitative estimate of drug-likeness (QED) is 0.741. The number of nitrogens with zero attached hydrogens (tertiary/aromatic N) is 4. The molecule has 1 aliphatic rings. The predicted molar refractivity (Wildman–Crippen MR) is 100 cm³/mol. The second kappa shape index (κ2) is 6.91. The topological polar surface area (TPSA) is 94.0 Å². The molecule has 0 saturated heterocycles. The number of pyridine rings is 1. The van der Waals surface area contributed by atoms with E-state index in [1.54, 1.807) is 30.1 Å². The highest BCUT2D eigenvalue weighted by Crippen LogP contribution is 2.36. The van der Waals surface area contributed by atoms with Gasteiger partial charge in [-0.05, 0) is 36.8 Å². The first-order valence-electron chi connectivity index (χ1n) is 8.41. The van der Waals surface area contributed by atoms with Gasteiger partial charge in [0.05, 0.1) is 12.7 Å². The van der Waals surface area contributed by atoms with E-state index in [4.69, 9.17) is 4.74 Å². The maximum Gasteiger partial charge on any atom is 0.257 e. The average molecular weight is 362 g/mol. The summed E-state index contributed by atoms with van der Waals surface area (Å²) in [6, 6.07) is 12.5. The maximum absolute atomic E-state index is 13.1. The second-order valence-electron chi connectivity index (χ2n) is 6.04. The van der Waals surface area contributed by atoms with Crippen molar-refractivity contribution in [1.29, 1.82) is 0 Å². The molecule has 0 bridgehead atoms. The molecule has 27 heavy (non-hydrogen) atoms. The number of fused-ring (bicyclic) bond motifs is 1. The zero-order valence-corrected chi connectivity index (χ0v) is 14.9. The van der Waals surface area contributed by atoms with Crippen LogP contribution in [0.5, 0.6) is 5.75 Å². The van der Waals surface area contributed by atoms with Gasteiger partial charge in [-0.2, -0.15) is 10.1 Å². The van der Waals surface area contributed by atoms with Gasteiger partial charge in [-0.1, -0.05) is 18.2 Å². The number of anilines is 2. The molecule has 3 heterocycles. The molecule has 0 fully saturated rings. The standard InChI is InChI=1S/C19H18N6O2/c1-12-16(18(26)24-15-8-3-4-9-20-15)17(25-19(23-12)21-11-22-25)13-6-5-7-14(10-13)27-2/h3-11,17H,1-2H3,(H,20,24,26)(H,21,22,23). The lowest BCUT2D eigenvalue weighted by Gasteiger charge is -2.28. The Balaban J connectivity index is 1.78. The van der Waals surface area contributed by atoms with Crippen molar-refractivity contribution in [2.24, 2.45) is 0 Å². The molecule has 0 spiro atoms. The Hall–Kier alpha value is -3.68. The average Bonchev–Trinajstić information content (AvgIpc) is 3.15. The van der Waals surface area contributed by atoms with Gasteiger partial charge < -0.3 is 15.4 Å². The number of carbonyl (C=O) groups is 1. The molecule has 2 N–H and O–H groups in total. The zero-order chi connectivity index (χ0) is 18.8. The van der Waals surface area contributed by atoms with Crippen molar-refractivity contribution in [3.8, 4) is 5.75 Å². The number of aromatic nitrogens is 4. The number of hydrogen-bond donors (Lipinski definition) is 2. The van der Waals surface area contributed by atoms with E-state index in [1.165, 1.54) is 6.33 Å². The van der Waals surface area contributed by atoms with Gasteiger partial charge in [0, 0.05) is 11.9 Å². The minimum Gasteiger partial charge on any atom is -0.497 e. The van der Waals surface area contributed by atoms with E-state index < -0.39 is 6.04 Å². The second-order valence-corrected chi connectivity index (χ2v) is 6.04. The molecule has 1 aliphatic heterocycles. The molecule has 1 aromatic carbocycles. The smallest absolute Gasteiger partial charge is 0.257 e. The molecular formula is C19H18N6O2. The Morgan fingerprint density at radius 1 is 1.22 bits per heavy atom. The molecule has 0 radical (unpaired) electrons. The number of amides is 1. The Bertz CT molecular complexity index is 1010.